The van der Waals surface area contributed by atoms with E-state index in [0.717, 1.165) is 24.1 Å². The Labute approximate surface area is 115 Å². The van der Waals surface area contributed by atoms with E-state index >= 15 is 0 Å². The fourth-order valence-electron chi connectivity index (χ4n) is 2.05. The maximum Gasteiger partial charge on any atom is 0.104 e. The van der Waals surface area contributed by atoms with Gasteiger partial charge in [0.25, 0.3) is 0 Å². The lowest BCUT2D eigenvalue weighted by Crippen LogP contribution is -2.15. The Morgan fingerprint density at radius 1 is 0.895 bits per heavy atom. The zero-order valence-corrected chi connectivity index (χ0v) is 11.6. The van der Waals surface area contributed by atoms with Crippen molar-refractivity contribution < 1.29 is 5.11 Å². The van der Waals surface area contributed by atoms with Crippen LogP contribution in [-0.4, -0.2) is 30.6 Å². The van der Waals surface area contributed by atoms with Gasteiger partial charge in [0.15, 0.2) is 0 Å². The van der Waals surface area contributed by atoms with E-state index in [1.807, 2.05) is 42.5 Å². The summed E-state index contributed by atoms with van der Waals surface area (Å²) < 4.78 is 0. The van der Waals surface area contributed by atoms with Crippen LogP contribution in [0.25, 0.3) is 0 Å². The van der Waals surface area contributed by atoms with Crippen LogP contribution in [0.4, 0.5) is 0 Å². The van der Waals surface area contributed by atoms with Crippen LogP contribution in [0.15, 0.2) is 54.6 Å². The molecule has 1 atom stereocenters. The molecule has 1 unspecified atom stereocenters. The van der Waals surface area contributed by atoms with Crippen molar-refractivity contribution in [1.82, 2.24) is 4.90 Å². The first kappa shape index (κ1) is 13.8. The first-order valence-electron chi connectivity index (χ1n) is 6.63. The van der Waals surface area contributed by atoms with Crippen LogP contribution in [-0.2, 0) is 6.42 Å². The summed E-state index contributed by atoms with van der Waals surface area (Å²) in [5, 5.41) is 10.3. The molecule has 2 aromatic rings. The summed E-state index contributed by atoms with van der Waals surface area (Å²) in [7, 11) is 4.15. The molecule has 0 saturated carbocycles. The molecule has 0 aliphatic rings. The molecule has 100 valence electrons. The molecule has 0 aliphatic heterocycles. The lowest BCUT2D eigenvalue weighted by Gasteiger charge is -2.13. The quantitative estimate of drug-likeness (QED) is 0.888. The molecule has 0 aliphatic carbocycles. The molecule has 0 amide bonds. The van der Waals surface area contributed by atoms with Gasteiger partial charge in [-0.1, -0.05) is 54.6 Å². The number of hydrogen-bond donors (Lipinski definition) is 1. The third-order valence-electron chi connectivity index (χ3n) is 3.26. The van der Waals surface area contributed by atoms with Crippen LogP contribution in [0.2, 0.25) is 0 Å². The SMILES string of the molecule is CN(C)CCc1ccc(C(O)c2ccccc2)cc1. The molecule has 1 N–H and O–H groups in total. The highest BCUT2D eigenvalue weighted by atomic mass is 16.3. The Hall–Kier alpha value is -1.64. The number of rotatable bonds is 5. The second-order valence-electron chi connectivity index (χ2n) is 5.11. The average molecular weight is 255 g/mol. The number of aliphatic hydroxyl groups excluding tert-OH is 1. The number of benzene rings is 2. The molecule has 19 heavy (non-hydrogen) atoms. The van der Waals surface area contributed by atoms with Crippen LogP contribution in [0, 0.1) is 0 Å². The minimum absolute atomic E-state index is 0.538. The van der Waals surface area contributed by atoms with Crippen molar-refractivity contribution in [2.45, 2.75) is 12.5 Å². The number of nitrogens with zero attached hydrogens (tertiary/aromatic N) is 1. The van der Waals surface area contributed by atoms with Gasteiger partial charge in [0.1, 0.15) is 6.10 Å². The number of hydrogen-bond acceptors (Lipinski definition) is 2. The van der Waals surface area contributed by atoms with Crippen LogP contribution >= 0.6 is 0 Å². The molecule has 2 nitrogen and oxygen atoms in total. The number of aliphatic hydroxyl groups is 1. The molecule has 0 radical (unpaired) electrons. The smallest absolute Gasteiger partial charge is 0.104 e. The second-order valence-corrected chi connectivity index (χ2v) is 5.11. The Morgan fingerprint density at radius 3 is 2.05 bits per heavy atom. The number of likely N-dealkylation sites (N-methyl/N-ethyl adjacent to an activating group) is 1. The van der Waals surface area contributed by atoms with Crippen LogP contribution in [0.1, 0.15) is 22.8 Å². The molecule has 2 aromatic carbocycles. The van der Waals surface area contributed by atoms with Gasteiger partial charge in [-0.2, -0.15) is 0 Å². The minimum atomic E-state index is -0.538. The van der Waals surface area contributed by atoms with Gasteiger partial charge in [-0.05, 0) is 37.2 Å². The summed E-state index contributed by atoms with van der Waals surface area (Å²) in [5.41, 5.74) is 3.18. The largest absolute Gasteiger partial charge is 0.384 e. The van der Waals surface area contributed by atoms with Crippen molar-refractivity contribution in [1.29, 1.82) is 0 Å². The topological polar surface area (TPSA) is 23.5 Å². The fraction of sp³-hybridized carbons (Fsp3) is 0.294. The Kier molecular flexibility index (Phi) is 4.72. The fourth-order valence-corrected chi connectivity index (χ4v) is 2.05. The highest BCUT2D eigenvalue weighted by Gasteiger charge is 2.09. The van der Waals surface area contributed by atoms with E-state index in [1.54, 1.807) is 0 Å². The Bertz CT molecular complexity index is 490. The third kappa shape index (κ3) is 3.91. The van der Waals surface area contributed by atoms with Gasteiger partial charge in [0.05, 0.1) is 0 Å². The summed E-state index contributed by atoms with van der Waals surface area (Å²) in [6, 6.07) is 18.0. The third-order valence-corrected chi connectivity index (χ3v) is 3.26. The normalized spacial score (nSPS) is 12.6. The van der Waals surface area contributed by atoms with E-state index in [4.69, 9.17) is 0 Å². The molecule has 2 rings (SSSR count). The molecule has 0 aromatic heterocycles. The molecule has 0 fully saturated rings. The maximum absolute atomic E-state index is 10.3. The van der Waals surface area contributed by atoms with E-state index in [-0.39, 0.29) is 0 Å². The lowest BCUT2D eigenvalue weighted by atomic mass is 10.00. The van der Waals surface area contributed by atoms with Gasteiger partial charge in [-0.25, -0.2) is 0 Å². The predicted molar refractivity (Wildman–Crippen MR) is 79.2 cm³/mol. The Morgan fingerprint density at radius 2 is 1.47 bits per heavy atom. The molecule has 0 saturated heterocycles. The van der Waals surface area contributed by atoms with Gasteiger partial charge < -0.3 is 10.0 Å². The van der Waals surface area contributed by atoms with Gasteiger partial charge in [-0.15, -0.1) is 0 Å². The summed E-state index contributed by atoms with van der Waals surface area (Å²) in [6.07, 6.45) is 0.499. The van der Waals surface area contributed by atoms with Crippen molar-refractivity contribution in [2.75, 3.05) is 20.6 Å². The highest BCUT2D eigenvalue weighted by molar-refractivity contribution is 5.31. The van der Waals surface area contributed by atoms with Crippen LogP contribution < -0.4 is 0 Å². The van der Waals surface area contributed by atoms with Gasteiger partial charge in [-0.3, -0.25) is 0 Å². The van der Waals surface area contributed by atoms with E-state index in [9.17, 15) is 5.11 Å². The first-order chi connectivity index (χ1) is 9.16. The van der Waals surface area contributed by atoms with E-state index < -0.39 is 6.10 Å². The van der Waals surface area contributed by atoms with Gasteiger partial charge in [0.2, 0.25) is 0 Å². The zero-order chi connectivity index (χ0) is 13.7. The predicted octanol–water partition coefficient (Wildman–Crippen LogP) is 2.87. The monoisotopic (exact) mass is 255 g/mol. The Balaban J connectivity index is 2.06. The molecular formula is C17H21NO. The highest BCUT2D eigenvalue weighted by Crippen LogP contribution is 2.21. The van der Waals surface area contributed by atoms with Crippen molar-refractivity contribution in [3.8, 4) is 0 Å². The van der Waals surface area contributed by atoms with Crippen molar-refractivity contribution in [3.05, 3.63) is 71.3 Å². The van der Waals surface area contributed by atoms with Crippen molar-refractivity contribution in [3.63, 3.8) is 0 Å². The van der Waals surface area contributed by atoms with Crippen LogP contribution in [0.5, 0.6) is 0 Å². The molecule has 2 heteroatoms. The molecule has 0 heterocycles. The standard InChI is InChI=1S/C17H21NO/c1-18(2)13-12-14-8-10-16(11-9-14)17(19)15-6-4-3-5-7-15/h3-11,17,19H,12-13H2,1-2H3. The summed E-state index contributed by atoms with van der Waals surface area (Å²) >= 11 is 0. The zero-order valence-electron chi connectivity index (χ0n) is 11.6. The van der Waals surface area contributed by atoms with E-state index in [2.05, 4.69) is 31.1 Å². The lowest BCUT2D eigenvalue weighted by molar-refractivity contribution is 0.220. The van der Waals surface area contributed by atoms with Crippen molar-refractivity contribution >= 4 is 0 Å². The van der Waals surface area contributed by atoms with Gasteiger partial charge >= 0.3 is 0 Å². The van der Waals surface area contributed by atoms with E-state index in [1.165, 1.54) is 5.56 Å². The van der Waals surface area contributed by atoms with Crippen LogP contribution in [0.3, 0.4) is 0 Å². The minimum Gasteiger partial charge on any atom is -0.384 e. The maximum atomic E-state index is 10.3. The summed E-state index contributed by atoms with van der Waals surface area (Å²) in [4.78, 5) is 2.17. The van der Waals surface area contributed by atoms with Crippen molar-refractivity contribution in [2.24, 2.45) is 0 Å². The summed E-state index contributed by atoms with van der Waals surface area (Å²) in [6.45, 7) is 1.04. The molecule has 0 bridgehead atoms. The van der Waals surface area contributed by atoms with Gasteiger partial charge in [0, 0.05) is 6.54 Å². The molecule has 0 spiro atoms. The summed E-state index contributed by atoms with van der Waals surface area (Å²) in [5.74, 6) is 0. The molecular weight excluding hydrogens is 234 g/mol. The first-order valence-corrected chi connectivity index (χ1v) is 6.63. The average Bonchev–Trinajstić information content (AvgIpc) is 2.46. The van der Waals surface area contributed by atoms with E-state index in [0.29, 0.717) is 0 Å². The second kappa shape index (κ2) is 6.50.